The van der Waals surface area contributed by atoms with Crippen molar-refractivity contribution in [2.24, 2.45) is 0 Å². The van der Waals surface area contributed by atoms with Crippen molar-refractivity contribution >= 4 is 15.7 Å². The van der Waals surface area contributed by atoms with Crippen molar-refractivity contribution in [3.63, 3.8) is 0 Å². The Balaban J connectivity index is 3.37. The van der Waals surface area contributed by atoms with Crippen LogP contribution in [0.15, 0.2) is 23.1 Å². The van der Waals surface area contributed by atoms with Crippen molar-refractivity contribution in [2.45, 2.75) is 25.2 Å². The van der Waals surface area contributed by atoms with Gasteiger partial charge in [-0.05, 0) is 18.9 Å². The Morgan fingerprint density at radius 1 is 1.40 bits per heavy atom. The van der Waals surface area contributed by atoms with Gasteiger partial charge >= 0.3 is 0 Å². The minimum absolute atomic E-state index is 0.126. The van der Waals surface area contributed by atoms with Crippen molar-refractivity contribution in [1.29, 1.82) is 0 Å². The van der Waals surface area contributed by atoms with Crippen molar-refractivity contribution in [1.82, 2.24) is 4.31 Å². The highest BCUT2D eigenvalue weighted by Crippen LogP contribution is 2.29. The van der Waals surface area contributed by atoms with E-state index in [9.17, 15) is 18.5 Å². The summed E-state index contributed by atoms with van der Waals surface area (Å²) < 4.78 is 26.2. The molecule has 0 unspecified atom stereocenters. The number of nitro benzene ring substituents is 1. The van der Waals surface area contributed by atoms with E-state index < -0.39 is 20.6 Å². The van der Waals surface area contributed by atoms with E-state index in [0.717, 1.165) is 4.31 Å². The van der Waals surface area contributed by atoms with Gasteiger partial charge in [0.15, 0.2) is 4.90 Å². The highest BCUT2D eigenvalue weighted by molar-refractivity contribution is 7.89. The van der Waals surface area contributed by atoms with Gasteiger partial charge in [0.2, 0.25) is 10.0 Å². The summed E-state index contributed by atoms with van der Waals surface area (Å²) in [6.45, 7) is 3.36. The smallest absolute Gasteiger partial charge is 0.289 e. The highest BCUT2D eigenvalue weighted by atomic mass is 32.2. The molecule has 0 radical (unpaired) electrons. The number of nitrogens with zero attached hydrogens (tertiary/aromatic N) is 2. The minimum Gasteiger partial charge on any atom is -0.396 e. The molecule has 112 valence electrons. The number of sulfonamides is 1. The van der Waals surface area contributed by atoms with E-state index in [0.29, 0.717) is 5.56 Å². The molecule has 0 heterocycles. The van der Waals surface area contributed by atoms with Gasteiger partial charge in [0.25, 0.3) is 5.69 Å². The Kier molecular flexibility index (Phi) is 5.61. The zero-order valence-electron chi connectivity index (χ0n) is 11.4. The van der Waals surface area contributed by atoms with Crippen LogP contribution in [0.25, 0.3) is 0 Å². The summed E-state index contributed by atoms with van der Waals surface area (Å²) in [4.78, 5) is 10.1. The van der Waals surface area contributed by atoms with E-state index in [2.05, 4.69) is 0 Å². The third-order valence-electron chi connectivity index (χ3n) is 2.90. The summed E-state index contributed by atoms with van der Waals surface area (Å²) in [5, 5.41) is 19.8. The van der Waals surface area contributed by atoms with Crippen LogP contribution >= 0.6 is 0 Å². The zero-order chi connectivity index (χ0) is 15.3. The molecule has 1 rings (SSSR count). The Bertz CT molecular complexity index is 586. The summed E-state index contributed by atoms with van der Waals surface area (Å²) in [5.74, 6) is 0. The summed E-state index contributed by atoms with van der Waals surface area (Å²) in [7, 11) is -3.95. The lowest BCUT2D eigenvalue weighted by molar-refractivity contribution is -0.387. The van der Waals surface area contributed by atoms with Gasteiger partial charge in [0.1, 0.15) is 0 Å². The van der Waals surface area contributed by atoms with Crippen LogP contribution in [0.1, 0.15) is 18.9 Å². The monoisotopic (exact) mass is 302 g/mol. The van der Waals surface area contributed by atoms with Gasteiger partial charge in [-0.3, -0.25) is 10.1 Å². The van der Waals surface area contributed by atoms with Crippen molar-refractivity contribution < 1.29 is 18.4 Å². The van der Waals surface area contributed by atoms with Crippen LogP contribution in [0.5, 0.6) is 0 Å². The molecule has 8 heteroatoms. The molecule has 0 fully saturated rings. The number of nitro groups is 1. The molecule has 1 N–H and O–H groups in total. The molecule has 0 aliphatic carbocycles. The largest absolute Gasteiger partial charge is 0.396 e. The third kappa shape index (κ3) is 3.33. The summed E-state index contributed by atoms with van der Waals surface area (Å²) in [6.07, 6.45) is 0.284. The first-order chi connectivity index (χ1) is 9.36. The molecule has 0 bridgehead atoms. The average Bonchev–Trinajstić information content (AvgIpc) is 2.38. The first kappa shape index (κ1) is 16.5. The van der Waals surface area contributed by atoms with Gasteiger partial charge < -0.3 is 5.11 Å². The predicted octanol–water partition coefficient (Wildman–Crippen LogP) is 1.30. The molecule has 0 aliphatic rings. The molecule has 0 aromatic heterocycles. The van der Waals surface area contributed by atoms with E-state index in [-0.39, 0.29) is 31.0 Å². The van der Waals surface area contributed by atoms with Gasteiger partial charge in [-0.15, -0.1) is 0 Å². The molecule has 0 atom stereocenters. The number of rotatable bonds is 7. The van der Waals surface area contributed by atoms with Crippen LogP contribution in [0.4, 0.5) is 5.69 Å². The number of benzene rings is 1. The number of hydrogen-bond donors (Lipinski definition) is 1. The normalized spacial score (nSPS) is 11.8. The van der Waals surface area contributed by atoms with E-state index in [1.165, 1.54) is 25.1 Å². The van der Waals surface area contributed by atoms with Gasteiger partial charge in [0, 0.05) is 25.8 Å². The third-order valence-corrected chi connectivity index (χ3v) is 5.07. The van der Waals surface area contributed by atoms with E-state index >= 15 is 0 Å². The lowest BCUT2D eigenvalue weighted by Crippen LogP contribution is -2.33. The average molecular weight is 302 g/mol. The quantitative estimate of drug-likeness (QED) is 0.604. The lowest BCUT2D eigenvalue weighted by Gasteiger charge is -2.21. The first-order valence-electron chi connectivity index (χ1n) is 6.21. The van der Waals surface area contributed by atoms with Gasteiger partial charge in [-0.1, -0.05) is 19.1 Å². The molecule has 0 aliphatic heterocycles. The second kappa shape index (κ2) is 6.78. The van der Waals surface area contributed by atoms with E-state index in [4.69, 9.17) is 5.11 Å². The highest BCUT2D eigenvalue weighted by Gasteiger charge is 2.32. The summed E-state index contributed by atoms with van der Waals surface area (Å²) in [6, 6.07) is 4.16. The molecular formula is C12H18N2O5S. The zero-order valence-corrected chi connectivity index (χ0v) is 12.3. The summed E-state index contributed by atoms with van der Waals surface area (Å²) >= 11 is 0. The number of hydrogen-bond acceptors (Lipinski definition) is 5. The Morgan fingerprint density at radius 3 is 2.55 bits per heavy atom. The fraction of sp³-hybridized carbons (Fsp3) is 0.500. The van der Waals surface area contributed by atoms with Crippen LogP contribution in [0, 0.1) is 17.0 Å². The van der Waals surface area contributed by atoms with E-state index in [1.54, 1.807) is 6.92 Å². The maximum atomic E-state index is 12.6. The molecule has 1 aromatic rings. The first-order valence-corrected chi connectivity index (χ1v) is 7.65. The van der Waals surface area contributed by atoms with E-state index in [1.807, 2.05) is 0 Å². The van der Waals surface area contributed by atoms with Crippen LogP contribution in [0.3, 0.4) is 0 Å². The summed E-state index contributed by atoms with van der Waals surface area (Å²) in [5.41, 5.74) is -0.0888. The number of aliphatic hydroxyl groups excluding tert-OH is 1. The van der Waals surface area contributed by atoms with Crippen molar-refractivity contribution in [2.75, 3.05) is 19.7 Å². The van der Waals surface area contributed by atoms with Crippen LogP contribution in [-0.4, -0.2) is 42.4 Å². The van der Waals surface area contributed by atoms with Gasteiger partial charge in [-0.2, -0.15) is 4.31 Å². The fourth-order valence-electron chi connectivity index (χ4n) is 1.94. The second-order valence-corrected chi connectivity index (χ2v) is 6.13. The van der Waals surface area contributed by atoms with Crippen LogP contribution in [0.2, 0.25) is 0 Å². The Labute approximate surface area is 118 Å². The standard InChI is InChI=1S/C12H18N2O5S/c1-3-13(8-5-9-15)20(18,19)12-10(2)6-4-7-11(12)14(16)17/h4,6-7,15H,3,5,8-9H2,1-2H3. The van der Waals surface area contributed by atoms with Gasteiger partial charge in [-0.25, -0.2) is 8.42 Å². The number of aryl methyl sites for hydroxylation is 1. The maximum Gasteiger partial charge on any atom is 0.289 e. The molecular weight excluding hydrogens is 284 g/mol. The fourth-order valence-corrected chi connectivity index (χ4v) is 3.79. The predicted molar refractivity (Wildman–Crippen MR) is 74.0 cm³/mol. The van der Waals surface area contributed by atoms with Crippen LogP contribution < -0.4 is 0 Å². The molecule has 20 heavy (non-hydrogen) atoms. The van der Waals surface area contributed by atoms with Crippen LogP contribution in [-0.2, 0) is 10.0 Å². The van der Waals surface area contributed by atoms with Gasteiger partial charge in [0.05, 0.1) is 4.92 Å². The second-order valence-electron chi connectivity index (χ2n) is 4.25. The minimum atomic E-state index is -3.95. The molecule has 0 saturated heterocycles. The Hall–Kier alpha value is -1.51. The SMILES string of the molecule is CCN(CCCO)S(=O)(=O)c1c(C)cccc1[N+](=O)[O-]. The molecule has 7 nitrogen and oxygen atoms in total. The van der Waals surface area contributed by atoms with Crippen molar-refractivity contribution in [3.8, 4) is 0 Å². The molecule has 0 spiro atoms. The molecule has 0 saturated carbocycles. The topological polar surface area (TPSA) is 101 Å². The maximum absolute atomic E-state index is 12.6. The molecule has 1 aromatic carbocycles. The Morgan fingerprint density at radius 2 is 2.05 bits per heavy atom. The lowest BCUT2D eigenvalue weighted by atomic mass is 10.2. The number of aliphatic hydroxyl groups is 1. The molecule has 0 amide bonds. The van der Waals surface area contributed by atoms with Crippen molar-refractivity contribution in [3.05, 3.63) is 33.9 Å².